The van der Waals surface area contributed by atoms with E-state index in [1.165, 1.54) is 31.5 Å². The minimum atomic E-state index is -4.80. The third-order valence-corrected chi connectivity index (χ3v) is 15.8. The molecule has 1 aromatic heterocycles. The molecular weight excluding hydrogens is 1100 g/mol. The molecule has 0 radical (unpaired) electrons. The first-order chi connectivity index (χ1) is 38.3. The molecule has 1 saturated heterocycles. The average Bonchev–Trinajstić information content (AvgIpc) is 3.46. The maximum atomic E-state index is 13.5. The molecule has 30 heteroatoms. The van der Waals surface area contributed by atoms with Gasteiger partial charge in [0.25, 0.3) is 10.1 Å². The summed E-state index contributed by atoms with van der Waals surface area (Å²) in [6.07, 6.45) is 4.95. The smallest absolute Gasteiger partial charge is 0.323 e. The van der Waals surface area contributed by atoms with E-state index >= 15 is 0 Å². The predicted molar refractivity (Wildman–Crippen MR) is 293 cm³/mol. The summed E-state index contributed by atoms with van der Waals surface area (Å²) in [6, 6.07) is 3.66. The highest BCUT2D eigenvalue weighted by molar-refractivity contribution is 7.89. The van der Waals surface area contributed by atoms with Gasteiger partial charge >= 0.3 is 23.9 Å². The Labute approximate surface area is 471 Å². The molecule has 4 rings (SSSR count). The molecule has 1 unspecified atom stereocenters. The fourth-order valence-electron chi connectivity index (χ4n) is 9.25. The van der Waals surface area contributed by atoms with Crippen LogP contribution in [0.1, 0.15) is 80.2 Å². The minimum absolute atomic E-state index is 0.0200. The molecule has 81 heavy (non-hydrogen) atoms. The van der Waals surface area contributed by atoms with Gasteiger partial charge in [-0.15, -0.1) is 0 Å². The predicted octanol–water partition coefficient (Wildman–Crippen LogP) is -0.820. The number of carboxylic acid groups (broad SMARTS) is 4. The van der Waals surface area contributed by atoms with Crippen molar-refractivity contribution in [3.8, 4) is 5.75 Å². The van der Waals surface area contributed by atoms with Crippen molar-refractivity contribution in [2.24, 2.45) is 0 Å². The molecule has 0 aliphatic carbocycles. The van der Waals surface area contributed by atoms with Crippen LogP contribution in [-0.2, 0) is 71.3 Å². The second-order valence-electron chi connectivity index (χ2n) is 20.1. The molecule has 1 fully saturated rings. The number of aromatic nitrogens is 1. The molecule has 2 aliphatic rings. The molecular formula is C51H78N10O18S2. The number of aryl methyl sites for hydroxylation is 4. The standard InChI is InChI=1S/C51H78N10O18S2/c1-35-27-39(28-36(2)49(35)81(77,78)57-40(51(72)73)29-54-44(64)12-5-3-4-10-38-15-14-37-9-6-17-53-50(37)55-38)79-26-8-13-43(63)52-16-7-11-42(62)41(34-80(74,75)76)56-45(65)30-58-18-20-59(31-46(66)67)22-24-61(33-48(70)71)25-23-60(21-19-58)32-47(68)69/h14-15,27-28,40-41,57H,3-13,16-26,29-34H2,1-2H3,(H,52,63)(H,53,55)(H,54,64)(H,56,65)(H,66,67)(H,68,69)(H,70,71)(H,72,73)(H,74,75,76)/t40?,41-/m0/s1. The number of amides is 3. The van der Waals surface area contributed by atoms with Crippen molar-refractivity contribution in [3.05, 3.63) is 46.6 Å². The van der Waals surface area contributed by atoms with E-state index in [4.69, 9.17) is 4.74 Å². The van der Waals surface area contributed by atoms with Crippen molar-refractivity contribution in [3.63, 3.8) is 0 Å². The van der Waals surface area contributed by atoms with Crippen LogP contribution in [0.25, 0.3) is 0 Å². The first-order valence-electron chi connectivity index (χ1n) is 26.8. The van der Waals surface area contributed by atoms with Crippen LogP contribution in [0, 0.1) is 13.8 Å². The number of benzene rings is 1. The second kappa shape index (κ2) is 33.5. The minimum Gasteiger partial charge on any atom is -0.494 e. The van der Waals surface area contributed by atoms with E-state index in [2.05, 4.69) is 37.0 Å². The number of Topliss-reactive ketones (excluding diaryl/α,β-unsaturated/α-hetero) is 1. The van der Waals surface area contributed by atoms with Crippen LogP contribution < -0.4 is 30.7 Å². The summed E-state index contributed by atoms with van der Waals surface area (Å²) in [7, 11) is -9.20. The van der Waals surface area contributed by atoms with Crippen LogP contribution in [0.3, 0.4) is 0 Å². The number of rotatable bonds is 33. The maximum absolute atomic E-state index is 13.5. The molecule has 0 bridgehead atoms. The molecule has 452 valence electrons. The number of aliphatic carboxylic acids is 4. The van der Waals surface area contributed by atoms with Gasteiger partial charge in [0.05, 0.1) is 37.7 Å². The van der Waals surface area contributed by atoms with E-state index in [9.17, 15) is 80.2 Å². The Morgan fingerprint density at radius 3 is 1.75 bits per heavy atom. The molecule has 2 aliphatic heterocycles. The van der Waals surface area contributed by atoms with Crippen molar-refractivity contribution < 1.29 is 84.9 Å². The van der Waals surface area contributed by atoms with E-state index < -0.39 is 112 Å². The SMILES string of the molecule is Cc1cc(OCCCC(=O)NCCCC(=O)[C@H](CS(=O)(=O)O)NC(=O)CN2CCN(CC(=O)O)CCN(CC(=O)O)CCN(CC(=O)O)CC2)cc(C)c1S(=O)(=O)NC(CNC(=O)CCCCCc1ccc2c(n1)NCCC2)C(=O)O. The summed E-state index contributed by atoms with van der Waals surface area (Å²) in [4.78, 5) is 109. The number of nitrogens with zero attached hydrogens (tertiary/aromatic N) is 5. The van der Waals surface area contributed by atoms with Gasteiger partial charge in [-0.1, -0.05) is 12.5 Å². The lowest BCUT2D eigenvalue weighted by atomic mass is 10.1. The summed E-state index contributed by atoms with van der Waals surface area (Å²) >= 11 is 0. The quantitative estimate of drug-likeness (QED) is 0.0308. The van der Waals surface area contributed by atoms with Crippen LogP contribution in [0.5, 0.6) is 5.75 Å². The molecule has 0 saturated carbocycles. The van der Waals surface area contributed by atoms with Crippen molar-refractivity contribution in [1.29, 1.82) is 0 Å². The first-order valence-corrected chi connectivity index (χ1v) is 29.9. The summed E-state index contributed by atoms with van der Waals surface area (Å²) in [5, 5.41) is 49.0. The van der Waals surface area contributed by atoms with E-state index in [-0.39, 0.29) is 126 Å². The van der Waals surface area contributed by atoms with Crippen LogP contribution in [0.4, 0.5) is 5.82 Å². The van der Waals surface area contributed by atoms with Crippen molar-refractivity contribution in [2.45, 2.75) is 101 Å². The van der Waals surface area contributed by atoms with E-state index in [1.807, 2.05) is 6.07 Å². The number of ketones is 1. The van der Waals surface area contributed by atoms with Crippen molar-refractivity contribution in [1.82, 2.24) is 45.3 Å². The number of fused-ring (bicyclic) bond motifs is 1. The van der Waals surface area contributed by atoms with Gasteiger partial charge in [0.15, 0.2) is 5.78 Å². The fourth-order valence-corrected chi connectivity index (χ4v) is 11.6. The molecule has 1 aromatic carbocycles. The lowest BCUT2D eigenvalue weighted by molar-refractivity contribution is -0.140. The van der Waals surface area contributed by atoms with Gasteiger partial charge in [-0.3, -0.25) is 62.5 Å². The van der Waals surface area contributed by atoms with Gasteiger partial charge in [-0.05, 0) is 93.7 Å². The van der Waals surface area contributed by atoms with E-state index in [0.717, 1.165) is 50.2 Å². The number of carboxylic acids is 4. The Bertz CT molecular complexity index is 2680. The Balaban J connectivity index is 1.19. The molecule has 3 amide bonds. The Hall–Kier alpha value is -6.41. The molecule has 2 aromatic rings. The molecule has 2 atom stereocenters. The molecule has 28 nitrogen and oxygen atoms in total. The molecule has 10 N–H and O–H groups in total. The van der Waals surface area contributed by atoms with Gasteiger partial charge in [-0.2, -0.15) is 13.1 Å². The third-order valence-electron chi connectivity index (χ3n) is 13.3. The van der Waals surface area contributed by atoms with Crippen LogP contribution >= 0.6 is 0 Å². The number of unbranched alkanes of at least 4 members (excludes halogenated alkanes) is 2. The zero-order chi connectivity index (χ0) is 59.7. The van der Waals surface area contributed by atoms with Gasteiger partial charge in [0.1, 0.15) is 29.4 Å². The second-order valence-corrected chi connectivity index (χ2v) is 23.3. The summed E-state index contributed by atoms with van der Waals surface area (Å²) < 4.78 is 68.5. The van der Waals surface area contributed by atoms with E-state index in [0.29, 0.717) is 6.42 Å². The van der Waals surface area contributed by atoms with Gasteiger partial charge < -0.3 is 46.4 Å². The van der Waals surface area contributed by atoms with Crippen LogP contribution in [-0.4, -0.2) is 236 Å². The zero-order valence-electron chi connectivity index (χ0n) is 45.9. The Morgan fingerprint density at radius 2 is 1.21 bits per heavy atom. The number of sulfonamides is 1. The van der Waals surface area contributed by atoms with Crippen LogP contribution in [0.2, 0.25) is 0 Å². The number of anilines is 1. The Kier molecular flexibility index (Phi) is 27.7. The van der Waals surface area contributed by atoms with E-state index in [1.54, 1.807) is 19.6 Å². The lowest BCUT2D eigenvalue weighted by Gasteiger charge is -2.33. The van der Waals surface area contributed by atoms with Crippen molar-refractivity contribution in [2.75, 3.05) is 116 Å². The topological polar surface area (TPSA) is 401 Å². The van der Waals surface area contributed by atoms with Crippen molar-refractivity contribution >= 4 is 73.3 Å². The number of carbonyl (C=O) groups excluding carboxylic acids is 4. The highest BCUT2D eigenvalue weighted by atomic mass is 32.2. The number of pyridine rings is 1. The number of hydrogen-bond acceptors (Lipinski definition) is 19. The third kappa shape index (κ3) is 25.9. The number of hydrogen-bond donors (Lipinski definition) is 10. The van der Waals surface area contributed by atoms with Gasteiger partial charge in [0, 0.05) is 96.9 Å². The first kappa shape index (κ1) is 67.1. The fraction of sp³-hybridized carbons (Fsp3) is 0.627. The highest BCUT2D eigenvalue weighted by Crippen LogP contribution is 2.27. The number of nitrogens with one attached hydrogen (secondary N) is 5. The number of ether oxygens (including phenoxy) is 1. The number of carbonyl (C=O) groups is 8. The van der Waals surface area contributed by atoms with Gasteiger partial charge in [0.2, 0.25) is 27.7 Å². The normalized spacial score (nSPS) is 16.0. The van der Waals surface area contributed by atoms with Gasteiger partial charge in [-0.25, -0.2) is 13.4 Å². The summed E-state index contributed by atoms with van der Waals surface area (Å²) in [6.45, 7) is 2.72. The maximum Gasteiger partial charge on any atom is 0.323 e. The zero-order valence-corrected chi connectivity index (χ0v) is 47.5. The summed E-state index contributed by atoms with van der Waals surface area (Å²) in [5.74, 6) is -7.26. The monoisotopic (exact) mass is 1180 g/mol. The van der Waals surface area contributed by atoms with Crippen LogP contribution in [0.15, 0.2) is 29.2 Å². The molecule has 3 heterocycles. The largest absolute Gasteiger partial charge is 0.494 e. The average molecular weight is 1180 g/mol. The molecule has 0 spiro atoms. The Morgan fingerprint density at radius 1 is 0.667 bits per heavy atom. The summed E-state index contributed by atoms with van der Waals surface area (Å²) in [5.41, 5.74) is 2.66. The lowest BCUT2D eigenvalue weighted by Crippen LogP contribution is -2.52. The highest BCUT2D eigenvalue weighted by Gasteiger charge is 2.30.